The third-order valence-electron chi connectivity index (χ3n) is 11.4. The van der Waals surface area contributed by atoms with Crippen molar-refractivity contribution in [2.45, 2.75) is 6.17 Å². The molecule has 3 aromatic heterocycles. The molecule has 1 unspecified atom stereocenters. The summed E-state index contributed by atoms with van der Waals surface area (Å²) in [5, 5.41) is 10.6. The SMILES string of the molecule is c1ccc(C2=NC(c3ccccc3)NC(c3ccc(-n4c5ccccc5c5ccc6c7ccc8c9ccccc9oc8c7n(-c7ccccc7)c6c54)cc3)=N2)cc1. The molecule has 11 aromatic rings. The summed E-state index contributed by atoms with van der Waals surface area (Å²) in [6.45, 7) is 0. The van der Waals surface area contributed by atoms with Crippen molar-refractivity contribution in [3.8, 4) is 11.4 Å². The van der Waals surface area contributed by atoms with E-state index in [0.717, 1.165) is 83.3 Å². The number of hydrogen-bond donors (Lipinski definition) is 1. The number of benzene rings is 8. The van der Waals surface area contributed by atoms with Crippen LogP contribution in [-0.2, 0) is 0 Å². The van der Waals surface area contributed by atoms with Gasteiger partial charge in [-0.2, -0.15) is 0 Å². The Bertz CT molecular complexity index is 3410. The highest BCUT2D eigenvalue weighted by Crippen LogP contribution is 2.45. The Morgan fingerprint density at radius 3 is 1.79 bits per heavy atom. The number of aromatic nitrogens is 2. The van der Waals surface area contributed by atoms with Crippen LogP contribution in [0, 0.1) is 0 Å². The molecule has 1 N–H and O–H groups in total. The number of fused-ring (bicyclic) bond motifs is 11. The highest BCUT2D eigenvalue weighted by Gasteiger charge is 2.25. The Kier molecular flexibility index (Phi) is 6.89. The van der Waals surface area contributed by atoms with Crippen molar-refractivity contribution in [3.63, 3.8) is 0 Å². The minimum Gasteiger partial charge on any atom is -0.454 e. The number of para-hydroxylation sites is 3. The van der Waals surface area contributed by atoms with Crippen LogP contribution in [0.4, 0.5) is 0 Å². The first-order valence-electron chi connectivity index (χ1n) is 19.3. The van der Waals surface area contributed by atoms with E-state index < -0.39 is 0 Å². The molecule has 6 nitrogen and oxygen atoms in total. The highest BCUT2D eigenvalue weighted by molar-refractivity contribution is 6.28. The molecule has 0 radical (unpaired) electrons. The molecule has 4 heterocycles. The average Bonchev–Trinajstić information content (AvgIpc) is 3.95. The van der Waals surface area contributed by atoms with Crippen molar-refractivity contribution in [1.29, 1.82) is 0 Å². The molecule has 0 fully saturated rings. The Hall–Kier alpha value is -7.70. The maximum absolute atomic E-state index is 6.73. The fourth-order valence-electron chi connectivity index (χ4n) is 8.80. The molecule has 0 aliphatic carbocycles. The minimum atomic E-state index is -0.266. The molecular weight excluding hydrogens is 699 g/mol. The van der Waals surface area contributed by atoms with Gasteiger partial charge in [0, 0.05) is 54.8 Å². The summed E-state index contributed by atoms with van der Waals surface area (Å²) in [5.74, 6) is 1.49. The zero-order valence-corrected chi connectivity index (χ0v) is 30.7. The Balaban J connectivity index is 1.10. The zero-order valence-electron chi connectivity index (χ0n) is 30.7. The number of furan rings is 1. The van der Waals surface area contributed by atoms with E-state index in [-0.39, 0.29) is 6.17 Å². The third-order valence-corrected chi connectivity index (χ3v) is 11.4. The minimum absolute atomic E-state index is 0.266. The van der Waals surface area contributed by atoms with Crippen LogP contribution in [0.5, 0.6) is 0 Å². The molecule has 57 heavy (non-hydrogen) atoms. The summed E-state index contributed by atoms with van der Waals surface area (Å²) in [4.78, 5) is 10.1. The lowest BCUT2D eigenvalue weighted by Gasteiger charge is -2.23. The Labute approximate surface area is 327 Å². The maximum atomic E-state index is 6.73. The van der Waals surface area contributed by atoms with E-state index in [9.17, 15) is 0 Å². The van der Waals surface area contributed by atoms with Gasteiger partial charge < -0.3 is 18.9 Å². The van der Waals surface area contributed by atoms with Crippen molar-refractivity contribution in [3.05, 3.63) is 205 Å². The normalized spacial score (nSPS) is 14.5. The number of aliphatic imine (C=N–C) groups is 2. The fourth-order valence-corrected chi connectivity index (χ4v) is 8.80. The first-order valence-corrected chi connectivity index (χ1v) is 19.3. The summed E-state index contributed by atoms with van der Waals surface area (Å²) in [6.07, 6.45) is -0.266. The predicted octanol–water partition coefficient (Wildman–Crippen LogP) is 12.3. The summed E-state index contributed by atoms with van der Waals surface area (Å²) >= 11 is 0. The Morgan fingerprint density at radius 2 is 1.02 bits per heavy atom. The number of nitrogens with zero attached hydrogens (tertiary/aromatic N) is 4. The van der Waals surface area contributed by atoms with E-state index in [1.807, 2.05) is 42.5 Å². The van der Waals surface area contributed by atoms with Crippen molar-refractivity contribution >= 4 is 77.2 Å². The van der Waals surface area contributed by atoms with E-state index >= 15 is 0 Å². The largest absolute Gasteiger partial charge is 0.454 e. The lowest BCUT2D eigenvalue weighted by molar-refractivity contribution is 0.671. The van der Waals surface area contributed by atoms with E-state index in [0.29, 0.717) is 5.84 Å². The lowest BCUT2D eigenvalue weighted by atomic mass is 10.1. The molecule has 1 aliphatic heterocycles. The predicted molar refractivity (Wildman–Crippen MR) is 234 cm³/mol. The molecule has 0 spiro atoms. The second-order valence-corrected chi connectivity index (χ2v) is 14.6. The maximum Gasteiger partial charge on any atom is 0.160 e. The van der Waals surface area contributed by atoms with Crippen LogP contribution in [0.1, 0.15) is 22.9 Å². The molecule has 1 aliphatic rings. The number of amidine groups is 2. The van der Waals surface area contributed by atoms with Crippen LogP contribution in [0.25, 0.3) is 76.9 Å². The smallest absolute Gasteiger partial charge is 0.160 e. The second-order valence-electron chi connectivity index (χ2n) is 14.6. The van der Waals surface area contributed by atoms with Crippen LogP contribution >= 0.6 is 0 Å². The number of hydrogen-bond acceptors (Lipinski definition) is 4. The van der Waals surface area contributed by atoms with Crippen molar-refractivity contribution in [1.82, 2.24) is 14.5 Å². The molecule has 0 saturated carbocycles. The first kappa shape index (κ1) is 31.6. The molecule has 8 aromatic carbocycles. The zero-order chi connectivity index (χ0) is 37.5. The molecule has 0 saturated heterocycles. The van der Waals surface area contributed by atoms with E-state index in [4.69, 9.17) is 14.4 Å². The van der Waals surface area contributed by atoms with E-state index in [1.54, 1.807) is 0 Å². The van der Waals surface area contributed by atoms with Crippen molar-refractivity contribution in [2.75, 3.05) is 0 Å². The fraction of sp³-hybridized carbons (Fsp3) is 0.0196. The van der Waals surface area contributed by atoms with Gasteiger partial charge in [-0.3, -0.25) is 0 Å². The monoisotopic (exact) mass is 731 g/mol. The molecule has 12 rings (SSSR count). The second kappa shape index (κ2) is 12.4. The summed E-state index contributed by atoms with van der Waals surface area (Å²) < 4.78 is 11.6. The number of rotatable bonds is 5. The van der Waals surface area contributed by atoms with Gasteiger partial charge in [0.05, 0.1) is 22.1 Å². The quantitative estimate of drug-likeness (QED) is 0.192. The van der Waals surface area contributed by atoms with E-state index in [1.165, 1.54) is 16.2 Å². The van der Waals surface area contributed by atoms with Gasteiger partial charge in [-0.15, -0.1) is 0 Å². The van der Waals surface area contributed by atoms with Gasteiger partial charge in [0.25, 0.3) is 0 Å². The van der Waals surface area contributed by atoms with Crippen LogP contribution in [0.3, 0.4) is 0 Å². The van der Waals surface area contributed by atoms with Gasteiger partial charge in [0.2, 0.25) is 0 Å². The van der Waals surface area contributed by atoms with Crippen LogP contribution in [0.15, 0.2) is 202 Å². The van der Waals surface area contributed by atoms with Gasteiger partial charge in [-0.1, -0.05) is 133 Å². The van der Waals surface area contributed by atoms with Gasteiger partial charge in [0.1, 0.15) is 17.6 Å². The van der Waals surface area contributed by atoms with Gasteiger partial charge in [-0.25, -0.2) is 9.98 Å². The van der Waals surface area contributed by atoms with Crippen LogP contribution < -0.4 is 5.32 Å². The molecule has 6 heteroatoms. The van der Waals surface area contributed by atoms with Gasteiger partial charge >= 0.3 is 0 Å². The van der Waals surface area contributed by atoms with Crippen LogP contribution in [-0.4, -0.2) is 20.8 Å². The average molecular weight is 732 g/mol. The van der Waals surface area contributed by atoms with E-state index in [2.05, 4.69) is 160 Å². The van der Waals surface area contributed by atoms with Crippen molar-refractivity contribution < 1.29 is 4.42 Å². The number of nitrogens with one attached hydrogen (secondary N) is 1. The summed E-state index contributed by atoms with van der Waals surface area (Å²) in [5.41, 5.74) is 11.4. The molecular formula is C51H33N5O. The van der Waals surface area contributed by atoms with Gasteiger partial charge in [-0.05, 0) is 60.2 Å². The molecule has 268 valence electrons. The molecule has 0 amide bonds. The van der Waals surface area contributed by atoms with Gasteiger partial charge in [0.15, 0.2) is 11.4 Å². The topological polar surface area (TPSA) is 59.8 Å². The molecule has 0 bridgehead atoms. The highest BCUT2D eigenvalue weighted by atomic mass is 16.3. The summed E-state index contributed by atoms with van der Waals surface area (Å²) in [6, 6.07) is 66.1. The first-order chi connectivity index (χ1) is 28.3. The Morgan fingerprint density at radius 1 is 0.439 bits per heavy atom. The third kappa shape index (κ3) is 4.84. The lowest BCUT2D eigenvalue weighted by Crippen LogP contribution is -2.33. The standard InChI is InChI=1S/C51H33N5O/c1-4-14-32(15-5-1)49-52-50(33-16-6-2-7-17-33)54-51(53-49)34-24-26-36(27-25-34)55-43-22-12-10-20-37(43)39-28-29-40-41-30-31-42-38-21-11-13-23-44(38)57-48(42)47(41)56(46(40)45(39)55)35-18-8-3-9-19-35/h1-31,49H,(H,52,53,54). The van der Waals surface area contributed by atoms with Crippen LogP contribution in [0.2, 0.25) is 0 Å². The molecule has 1 atom stereocenters. The van der Waals surface area contributed by atoms with Crippen molar-refractivity contribution in [2.24, 2.45) is 9.98 Å². The summed E-state index contributed by atoms with van der Waals surface area (Å²) in [7, 11) is 0.